The molecule has 1 aromatic heterocycles. The van der Waals surface area contributed by atoms with Crippen molar-refractivity contribution in [2.75, 3.05) is 13.4 Å². The molecule has 0 aliphatic heterocycles. The number of ether oxygens (including phenoxy) is 2. The molecule has 0 unspecified atom stereocenters. The number of benzene rings is 2. The maximum atomic E-state index is 13.7. The van der Waals surface area contributed by atoms with E-state index >= 15 is 0 Å². The average Bonchev–Trinajstić information content (AvgIpc) is 3.14. The Labute approximate surface area is 176 Å². The van der Waals surface area contributed by atoms with E-state index in [1.807, 2.05) is 0 Å². The van der Waals surface area contributed by atoms with Gasteiger partial charge in [0.25, 0.3) is 0 Å². The van der Waals surface area contributed by atoms with Crippen LogP contribution in [0.3, 0.4) is 0 Å². The molecule has 0 radical (unpaired) electrons. The van der Waals surface area contributed by atoms with Gasteiger partial charge in [-0.2, -0.15) is 13.2 Å². The number of carbonyl (C=O) groups is 1. The molecule has 0 saturated heterocycles. The highest BCUT2D eigenvalue weighted by Crippen LogP contribution is 2.40. The van der Waals surface area contributed by atoms with E-state index in [1.165, 1.54) is 25.1 Å². The molecule has 0 saturated carbocycles. The molecule has 0 aliphatic carbocycles. The lowest BCUT2D eigenvalue weighted by molar-refractivity contribution is -0.145. The monoisotopic (exact) mass is 434 g/mol. The minimum absolute atomic E-state index is 0.0712. The first-order valence-corrected chi connectivity index (χ1v) is 9.49. The van der Waals surface area contributed by atoms with Crippen LogP contribution in [-0.4, -0.2) is 24.5 Å². The number of hydrogen-bond donors (Lipinski definition) is 1. The van der Waals surface area contributed by atoms with Gasteiger partial charge in [0.05, 0.1) is 5.56 Å². The van der Waals surface area contributed by atoms with Crippen molar-refractivity contribution in [1.82, 2.24) is 0 Å². The molecule has 31 heavy (non-hydrogen) atoms. The number of aliphatic hydroxyl groups is 1. The molecule has 0 fully saturated rings. The van der Waals surface area contributed by atoms with E-state index in [1.54, 1.807) is 18.2 Å². The Kier molecular flexibility index (Phi) is 6.70. The fourth-order valence-electron chi connectivity index (χ4n) is 2.99. The zero-order valence-electron chi connectivity index (χ0n) is 16.8. The zero-order chi connectivity index (χ0) is 22.6. The molecule has 3 aromatic rings. The third kappa shape index (κ3) is 5.46. The normalized spacial score (nSPS) is 11.5. The fourth-order valence-corrected chi connectivity index (χ4v) is 2.99. The van der Waals surface area contributed by atoms with Crippen LogP contribution in [0.25, 0.3) is 22.3 Å². The van der Waals surface area contributed by atoms with Gasteiger partial charge in [0.2, 0.25) is 6.79 Å². The predicted molar refractivity (Wildman–Crippen MR) is 108 cm³/mol. The molecule has 164 valence electrons. The van der Waals surface area contributed by atoms with Gasteiger partial charge in [0.15, 0.2) is 0 Å². The summed E-state index contributed by atoms with van der Waals surface area (Å²) in [5.41, 5.74) is 0.175. The first-order valence-electron chi connectivity index (χ1n) is 9.49. The van der Waals surface area contributed by atoms with Crippen molar-refractivity contribution in [2.24, 2.45) is 0 Å². The molecular formula is C23H21F3O5. The number of furan rings is 1. The van der Waals surface area contributed by atoms with E-state index in [2.05, 4.69) is 6.58 Å². The van der Waals surface area contributed by atoms with Gasteiger partial charge < -0.3 is 19.0 Å². The molecular weight excluding hydrogens is 413 g/mol. The number of aliphatic hydroxyl groups excluding tert-OH is 1. The van der Waals surface area contributed by atoms with Crippen LogP contribution in [0.15, 0.2) is 59.0 Å². The molecule has 1 N–H and O–H groups in total. The molecule has 3 rings (SSSR count). The second-order valence-electron chi connectivity index (χ2n) is 6.99. The minimum atomic E-state index is -4.56. The third-order valence-corrected chi connectivity index (χ3v) is 4.53. The maximum absolute atomic E-state index is 13.7. The number of hydrogen-bond acceptors (Lipinski definition) is 5. The summed E-state index contributed by atoms with van der Waals surface area (Å²) >= 11 is 0. The molecule has 0 bridgehead atoms. The number of fused-ring (bicyclic) bond motifs is 1. The second-order valence-corrected chi connectivity index (χ2v) is 6.99. The van der Waals surface area contributed by atoms with Crippen LogP contribution in [0.2, 0.25) is 0 Å². The van der Waals surface area contributed by atoms with Gasteiger partial charge in [-0.15, -0.1) is 0 Å². The van der Waals surface area contributed by atoms with Gasteiger partial charge >= 0.3 is 12.1 Å². The maximum Gasteiger partial charge on any atom is 0.417 e. The van der Waals surface area contributed by atoms with Crippen molar-refractivity contribution in [1.29, 1.82) is 0 Å². The van der Waals surface area contributed by atoms with E-state index in [0.717, 1.165) is 6.07 Å². The van der Waals surface area contributed by atoms with Gasteiger partial charge in [0, 0.05) is 29.2 Å². The summed E-state index contributed by atoms with van der Waals surface area (Å²) in [6.45, 7) is 4.54. The lowest BCUT2D eigenvalue weighted by atomic mass is 9.99. The first-order chi connectivity index (χ1) is 14.7. The van der Waals surface area contributed by atoms with Gasteiger partial charge in [-0.3, -0.25) is 0 Å². The topological polar surface area (TPSA) is 68.9 Å². The van der Waals surface area contributed by atoms with E-state index in [9.17, 15) is 18.0 Å². The summed E-state index contributed by atoms with van der Waals surface area (Å²) in [4.78, 5) is 11.4. The minimum Gasteiger partial charge on any atom is -0.457 e. The van der Waals surface area contributed by atoms with Crippen LogP contribution in [-0.2, 0) is 22.1 Å². The van der Waals surface area contributed by atoms with Crippen molar-refractivity contribution in [3.05, 3.63) is 65.7 Å². The van der Waals surface area contributed by atoms with E-state index in [4.69, 9.17) is 19.0 Å². The summed E-state index contributed by atoms with van der Waals surface area (Å²) in [5.74, 6) is -0.191. The quantitative estimate of drug-likeness (QED) is 0.288. The van der Waals surface area contributed by atoms with Crippen LogP contribution in [0.5, 0.6) is 5.75 Å². The van der Waals surface area contributed by atoms with E-state index < -0.39 is 17.7 Å². The Bertz CT molecular complexity index is 1100. The SMILES string of the molecule is C=C(C)C(=O)OCOc1ccc2cc(-c3ccc(CCCO)cc3C(F)(F)F)oc2c1. The molecule has 0 atom stereocenters. The van der Waals surface area contributed by atoms with Crippen molar-refractivity contribution in [3.63, 3.8) is 0 Å². The lowest BCUT2D eigenvalue weighted by Crippen LogP contribution is -2.10. The van der Waals surface area contributed by atoms with Crippen LogP contribution < -0.4 is 4.74 Å². The number of carbonyl (C=O) groups excluding carboxylic acids is 1. The van der Waals surface area contributed by atoms with Gasteiger partial charge in [-0.1, -0.05) is 18.7 Å². The summed E-state index contributed by atoms with van der Waals surface area (Å²) < 4.78 is 56.8. The Hall–Kier alpha value is -3.26. The molecule has 0 amide bonds. The smallest absolute Gasteiger partial charge is 0.417 e. The van der Waals surface area contributed by atoms with Crippen LogP contribution in [0, 0.1) is 0 Å². The Morgan fingerprint density at radius 2 is 1.94 bits per heavy atom. The predicted octanol–water partition coefficient (Wildman–Crippen LogP) is 5.50. The van der Waals surface area contributed by atoms with Crippen LogP contribution in [0.1, 0.15) is 24.5 Å². The van der Waals surface area contributed by atoms with Crippen molar-refractivity contribution >= 4 is 16.9 Å². The molecule has 2 aromatic carbocycles. The standard InChI is InChI=1S/C23H21F3O5/c1-14(2)22(28)30-13-29-17-7-6-16-11-21(31-20(16)12-17)18-8-5-15(4-3-9-27)10-19(18)23(24,25)26/h5-8,10-12,27H,1,3-4,9,13H2,2H3. The number of alkyl halides is 3. The number of esters is 1. The first kappa shape index (κ1) is 22.4. The summed E-state index contributed by atoms with van der Waals surface area (Å²) in [7, 11) is 0. The molecule has 5 nitrogen and oxygen atoms in total. The fraction of sp³-hybridized carbons (Fsp3) is 0.261. The Balaban J connectivity index is 1.87. The summed E-state index contributed by atoms with van der Waals surface area (Å²) in [5, 5.41) is 9.52. The van der Waals surface area contributed by atoms with Gasteiger partial charge in [0.1, 0.15) is 17.1 Å². The summed E-state index contributed by atoms with van der Waals surface area (Å²) in [6.07, 6.45) is -3.84. The number of halogens is 3. The molecule has 8 heteroatoms. The molecule has 1 heterocycles. The molecule has 0 spiro atoms. The second kappa shape index (κ2) is 9.26. The number of rotatable bonds is 8. The average molecular weight is 434 g/mol. The van der Waals surface area contributed by atoms with Crippen LogP contribution >= 0.6 is 0 Å². The van der Waals surface area contributed by atoms with E-state index in [-0.39, 0.29) is 30.3 Å². The Morgan fingerprint density at radius 1 is 1.16 bits per heavy atom. The highest BCUT2D eigenvalue weighted by Gasteiger charge is 2.34. The van der Waals surface area contributed by atoms with Crippen molar-refractivity contribution < 1.29 is 37.0 Å². The Morgan fingerprint density at radius 3 is 2.61 bits per heavy atom. The van der Waals surface area contributed by atoms with Crippen LogP contribution in [0.4, 0.5) is 13.2 Å². The van der Waals surface area contributed by atoms with E-state index in [0.29, 0.717) is 35.1 Å². The largest absolute Gasteiger partial charge is 0.457 e. The van der Waals surface area contributed by atoms with Gasteiger partial charge in [-0.25, -0.2) is 4.79 Å². The number of aryl methyl sites for hydroxylation is 1. The third-order valence-electron chi connectivity index (χ3n) is 4.53. The highest BCUT2D eigenvalue weighted by molar-refractivity contribution is 5.87. The van der Waals surface area contributed by atoms with Crippen molar-refractivity contribution in [3.8, 4) is 17.1 Å². The molecule has 0 aliphatic rings. The highest BCUT2D eigenvalue weighted by atomic mass is 19.4. The zero-order valence-corrected chi connectivity index (χ0v) is 16.8. The summed E-state index contributed by atoms with van der Waals surface area (Å²) in [6, 6.07) is 10.3. The van der Waals surface area contributed by atoms with Crippen molar-refractivity contribution in [2.45, 2.75) is 25.9 Å². The lowest BCUT2D eigenvalue weighted by Gasteiger charge is -2.13. The van der Waals surface area contributed by atoms with Gasteiger partial charge in [-0.05, 0) is 49.6 Å².